The SMILES string of the molecule is COc1cc(CNCCO)ccc1OCc1cccc(C(F)(F)F)c1. The summed E-state index contributed by atoms with van der Waals surface area (Å²) < 4.78 is 49.1. The topological polar surface area (TPSA) is 50.7 Å². The highest BCUT2D eigenvalue weighted by atomic mass is 19.4. The maximum Gasteiger partial charge on any atom is 0.416 e. The summed E-state index contributed by atoms with van der Waals surface area (Å²) in [6.45, 7) is 1.10. The summed E-state index contributed by atoms with van der Waals surface area (Å²) in [6.07, 6.45) is -4.38. The molecule has 0 saturated carbocycles. The quantitative estimate of drug-likeness (QED) is 0.713. The van der Waals surface area contributed by atoms with E-state index in [0.29, 0.717) is 30.2 Å². The van der Waals surface area contributed by atoms with Crippen LogP contribution in [0.2, 0.25) is 0 Å². The highest BCUT2D eigenvalue weighted by Crippen LogP contribution is 2.31. The molecule has 0 unspecified atom stereocenters. The molecule has 7 heteroatoms. The van der Waals surface area contributed by atoms with Gasteiger partial charge in [0.05, 0.1) is 19.3 Å². The number of methoxy groups -OCH3 is 1. The Morgan fingerprint density at radius 2 is 1.84 bits per heavy atom. The Bertz CT molecular complexity index is 690. The number of alkyl halides is 3. The van der Waals surface area contributed by atoms with E-state index in [0.717, 1.165) is 17.7 Å². The van der Waals surface area contributed by atoms with Crippen molar-refractivity contribution in [3.63, 3.8) is 0 Å². The lowest BCUT2D eigenvalue weighted by atomic mass is 10.1. The van der Waals surface area contributed by atoms with Gasteiger partial charge >= 0.3 is 6.18 Å². The molecule has 0 aromatic heterocycles. The first kappa shape index (κ1) is 19.1. The first-order valence-corrected chi connectivity index (χ1v) is 7.71. The molecule has 2 N–H and O–H groups in total. The maximum atomic E-state index is 12.7. The predicted octanol–water partition coefficient (Wildman–Crippen LogP) is 3.37. The summed E-state index contributed by atoms with van der Waals surface area (Å²) in [5.41, 5.74) is 0.660. The van der Waals surface area contributed by atoms with Gasteiger partial charge in [-0.25, -0.2) is 0 Å². The van der Waals surface area contributed by atoms with Crippen LogP contribution in [-0.2, 0) is 19.3 Å². The van der Waals surface area contributed by atoms with E-state index in [1.54, 1.807) is 18.2 Å². The molecule has 0 spiro atoms. The molecule has 0 heterocycles. The van der Waals surface area contributed by atoms with Gasteiger partial charge in [-0.05, 0) is 35.4 Å². The van der Waals surface area contributed by atoms with E-state index in [2.05, 4.69) is 5.32 Å². The lowest BCUT2D eigenvalue weighted by molar-refractivity contribution is -0.137. The normalized spacial score (nSPS) is 11.4. The molecular weight excluding hydrogens is 335 g/mol. The summed E-state index contributed by atoms with van der Waals surface area (Å²) in [5, 5.41) is 11.8. The average molecular weight is 355 g/mol. The second-order valence-electron chi connectivity index (χ2n) is 5.37. The van der Waals surface area contributed by atoms with Crippen LogP contribution >= 0.6 is 0 Å². The number of nitrogens with one attached hydrogen (secondary N) is 1. The Morgan fingerprint density at radius 3 is 2.52 bits per heavy atom. The van der Waals surface area contributed by atoms with Crippen molar-refractivity contribution in [3.05, 3.63) is 59.2 Å². The number of hydrogen-bond acceptors (Lipinski definition) is 4. The van der Waals surface area contributed by atoms with Crippen molar-refractivity contribution in [3.8, 4) is 11.5 Å². The molecular formula is C18H20F3NO3. The fraction of sp³-hybridized carbons (Fsp3) is 0.333. The zero-order valence-corrected chi connectivity index (χ0v) is 13.8. The molecule has 4 nitrogen and oxygen atoms in total. The van der Waals surface area contributed by atoms with Crippen molar-refractivity contribution in [2.45, 2.75) is 19.3 Å². The predicted molar refractivity (Wildman–Crippen MR) is 87.6 cm³/mol. The molecule has 136 valence electrons. The molecule has 0 aliphatic rings. The van der Waals surface area contributed by atoms with Crippen molar-refractivity contribution < 1.29 is 27.8 Å². The van der Waals surface area contributed by atoms with Gasteiger partial charge in [-0.15, -0.1) is 0 Å². The lowest BCUT2D eigenvalue weighted by Gasteiger charge is -2.13. The van der Waals surface area contributed by atoms with Crippen LogP contribution in [0.25, 0.3) is 0 Å². The van der Waals surface area contributed by atoms with Gasteiger partial charge in [0.25, 0.3) is 0 Å². The Kier molecular flexibility index (Phi) is 6.66. The van der Waals surface area contributed by atoms with E-state index >= 15 is 0 Å². The fourth-order valence-corrected chi connectivity index (χ4v) is 2.25. The van der Waals surface area contributed by atoms with Gasteiger partial charge in [-0.3, -0.25) is 0 Å². The standard InChI is InChI=1S/C18H20F3NO3/c1-24-17-10-13(11-22-7-8-23)5-6-16(17)25-12-14-3-2-4-15(9-14)18(19,20)21/h2-6,9-10,22-23H,7-8,11-12H2,1H3. The highest BCUT2D eigenvalue weighted by Gasteiger charge is 2.30. The minimum absolute atomic E-state index is 0.00237. The number of halogens is 3. The molecule has 0 saturated heterocycles. The van der Waals surface area contributed by atoms with Crippen LogP contribution in [0.15, 0.2) is 42.5 Å². The van der Waals surface area contributed by atoms with Crippen molar-refractivity contribution in [1.82, 2.24) is 5.32 Å². The Balaban J connectivity index is 2.05. The second-order valence-corrected chi connectivity index (χ2v) is 5.37. The van der Waals surface area contributed by atoms with E-state index in [1.165, 1.54) is 13.2 Å². The van der Waals surface area contributed by atoms with Crippen LogP contribution < -0.4 is 14.8 Å². The summed E-state index contributed by atoms with van der Waals surface area (Å²) in [7, 11) is 1.50. The van der Waals surface area contributed by atoms with Crippen molar-refractivity contribution in [1.29, 1.82) is 0 Å². The Morgan fingerprint density at radius 1 is 1.04 bits per heavy atom. The smallest absolute Gasteiger partial charge is 0.416 e. The molecule has 2 rings (SSSR count). The third kappa shape index (κ3) is 5.65. The third-order valence-electron chi connectivity index (χ3n) is 3.49. The first-order chi connectivity index (χ1) is 11.9. The van der Waals surface area contributed by atoms with Crippen LogP contribution in [0.3, 0.4) is 0 Å². The summed E-state index contributed by atoms with van der Waals surface area (Å²) in [4.78, 5) is 0. The number of aliphatic hydroxyl groups excluding tert-OH is 1. The number of aliphatic hydroxyl groups is 1. The number of ether oxygens (including phenoxy) is 2. The van der Waals surface area contributed by atoms with E-state index in [9.17, 15) is 13.2 Å². The van der Waals surface area contributed by atoms with Gasteiger partial charge in [0, 0.05) is 13.1 Å². The van der Waals surface area contributed by atoms with E-state index in [-0.39, 0.29) is 13.2 Å². The lowest BCUT2D eigenvalue weighted by Crippen LogP contribution is -2.17. The van der Waals surface area contributed by atoms with Crippen LogP contribution in [-0.4, -0.2) is 25.4 Å². The van der Waals surface area contributed by atoms with Crippen molar-refractivity contribution >= 4 is 0 Å². The molecule has 2 aromatic carbocycles. The van der Waals surface area contributed by atoms with Crippen molar-refractivity contribution in [2.24, 2.45) is 0 Å². The highest BCUT2D eigenvalue weighted by molar-refractivity contribution is 5.43. The van der Waals surface area contributed by atoms with Gasteiger partial charge in [0.15, 0.2) is 11.5 Å². The average Bonchev–Trinajstić information content (AvgIpc) is 2.60. The van der Waals surface area contributed by atoms with Gasteiger partial charge in [-0.2, -0.15) is 13.2 Å². The Hall–Kier alpha value is -2.25. The molecule has 0 atom stereocenters. The number of rotatable bonds is 8. The minimum atomic E-state index is -4.38. The summed E-state index contributed by atoms with van der Waals surface area (Å²) in [5.74, 6) is 0.945. The molecule has 0 fully saturated rings. The van der Waals surface area contributed by atoms with Crippen LogP contribution in [0.1, 0.15) is 16.7 Å². The van der Waals surface area contributed by atoms with E-state index in [4.69, 9.17) is 14.6 Å². The minimum Gasteiger partial charge on any atom is -0.493 e. The second kappa shape index (κ2) is 8.73. The molecule has 0 aliphatic carbocycles. The van der Waals surface area contributed by atoms with E-state index in [1.807, 2.05) is 6.07 Å². The molecule has 0 radical (unpaired) electrons. The van der Waals surface area contributed by atoms with Crippen LogP contribution in [0.4, 0.5) is 13.2 Å². The zero-order chi connectivity index (χ0) is 18.3. The maximum absolute atomic E-state index is 12.7. The monoisotopic (exact) mass is 355 g/mol. The zero-order valence-electron chi connectivity index (χ0n) is 13.8. The summed E-state index contributed by atoms with van der Waals surface area (Å²) in [6, 6.07) is 10.4. The number of benzene rings is 2. The van der Waals surface area contributed by atoms with Gasteiger partial charge in [-0.1, -0.05) is 18.2 Å². The molecule has 0 amide bonds. The third-order valence-corrected chi connectivity index (χ3v) is 3.49. The summed E-state index contributed by atoms with van der Waals surface area (Å²) >= 11 is 0. The molecule has 0 aliphatic heterocycles. The molecule has 2 aromatic rings. The van der Waals surface area contributed by atoms with Gasteiger partial charge in [0.1, 0.15) is 6.61 Å². The van der Waals surface area contributed by atoms with Gasteiger partial charge < -0.3 is 19.9 Å². The molecule has 25 heavy (non-hydrogen) atoms. The molecule has 0 bridgehead atoms. The fourth-order valence-electron chi connectivity index (χ4n) is 2.25. The van der Waals surface area contributed by atoms with Gasteiger partial charge in [0.2, 0.25) is 0 Å². The largest absolute Gasteiger partial charge is 0.493 e. The van der Waals surface area contributed by atoms with E-state index < -0.39 is 11.7 Å². The first-order valence-electron chi connectivity index (χ1n) is 7.71. The Labute approximate surface area is 144 Å². The van der Waals surface area contributed by atoms with Crippen LogP contribution in [0, 0.1) is 0 Å². The van der Waals surface area contributed by atoms with Crippen LogP contribution in [0.5, 0.6) is 11.5 Å². The number of hydrogen-bond donors (Lipinski definition) is 2. The van der Waals surface area contributed by atoms with Crippen molar-refractivity contribution in [2.75, 3.05) is 20.3 Å².